The lowest BCUT2D eigenvalue weighted by Crippen LogP contribution is -2.39. The van der Waals surface area contributed by atoms with Crippen LogP contribution in [0, 0.1) is 0 Å². The minimum atomic E-state index is -2.05. The van der Waals surface area contributed by atoms with E-state index in [-0.39, 0.29) is 11.6 Å². The summed E-state index contributed by atoms with van der Waals surface area (Å²) < 4.78 is 2.63. The molecule has 0 amide bonds. The first-order valence-corrected chi connectivity index (χ1v) is 7.71. The summed E-state index contributed by atoms with van der Waals surface area (Å²) in [6.07, 6.45) is 5.72. The summed E-state index contributed by atoms with van der Waals surface area (Å²) in [5, 5.41) is 0. The molecule has 0 fully saturated rings. The van der Waals surface area contributed by atoms with Gasteiger partial charge < -0.3 is 9.64 Å². The van der Waals surface area contributed by atoms with Gasteiger partial charge in [-0.05, 0) is 12.5 Å². The number of rotatable bonds is 5. The van der Waals surface area contributed by atoms with E-state index in [1.54, 1.807) is 18.1 Å². The van der Waals surface area contributed by atoms with Crippen LogP contribution in [0.3, 0.4) is 0 Å². The molecule has 1 heterocycles. The van der Waals surface area contributed by atoms with E-state index in [2.05, 4.69) is 11.7 Å². The van der Waals surface area contributed by atoms with Crippen LogP contribution in [-0.4, -0.2) is 40.6 Å². The van der Waals surface area contributed by atoms with Gasteiger partial charge in [-0.15, -0.1) is 0 Å². The van der Waals surface area contributed by atoms with E-state index in [9.17, 15) is 9.59 Å². The molecule has 1 unspecified atom stereocenters. The first-order chi connectivity index (χ1) is 9.72. The van der Waals surface area contributed by atoms with Crippen LogP contribution in [0.2, 0.25) is 0 Å². The van der Waals surface area contributed by atoms with Crippen LogP contribution < -0.4 is 0 Å². The quantitative estimate of drug-likeness (QED) is 0.561. The van der Waals surface area contributed by atoms with Gasteiger partial charge >= 0.3 is 5.97 Å². The second-order valence-electron chi connectivity index (χ2n) is 4.83. The number of carbonyl (C=O) groups excluding carboxylic acids is 2. The molecule has 118 valence electrons. The van der Waals surface area contributed by atoms with Crippen molar-refractivity contribution < 1.29 is 14.3 Å². The zero-order valence-electron chi connectivity index (χ0n) is 12.2. The van der Waals surface area contributed by atoms with Crippen molar-refractivity contribution in [3.8, 4) is 0 Å². The largest absolute Gasteiger partial charge is 0.465 e. The summed E-state index contributed by atoms with van der Waals surface area (Å²) in [6.45, 7) is 2.05. The highest BCUT2D eigenvalue weighted by atomic mass is 35.6. The van der Waals surface area contributed by atoms with E-state index in [0.717, 1.165) is 19.3 Å². The molecule has 0 aliphatic carbocycles. The maximum absolute atomic E-state index is 12.3. The van der Waals surface area contributed by atoms with Crippen molar-refractivity contribution >= 4 is 46.6 Å². The zero-order chi connectivity index (χ0) is 16.2. The van der Waals surface area contributed by atoms with E-state index in [4.69, 9.17) is 34.8 Å². The van der Waals surface area contributed by atoms with Crippen LogP contribution in [0.25, 0.3) is 0 Å². The van der Waals surface area contributed by atoms with Crippen LogP contribution in [0.15, 0.2) is 23.4 Å². The van der Waals surface area contributed by atoms with E-state index in [1.807, 2.05) is 0 Å². The number of esters is 1. The average molecular weight is 355 g/mol. The lowest BCUT2D eigenvalue weighted by Gasteiger charge is -2.33. The molecule has 1 aliphatic heterocycles. The van der Waals surface area contributed by atoms with Crippen LogP contribution in [0.5, 0.6) is 0 Å². The van der Waals surface area contributed by atoms with Crippen molar-refractivity contribution in [3.63, 3.8) is 0 Å². The Hall–Kier alpha value is -0.710. The Morgan fingerprint density at radius 1 is 1.38 bits per heavy atom. The fourth-order valence-electron chi connectivity index (χ4n) is 2.20. The Bertz CT molecular complexity index is 480. The molecule has 0 saturated heterocycles. The number of hydrogen-bond acceptors (Lipinski definition) is 4. The third-order valence-electron chi connectivity index (χ3n) is 3.28. The Morgan fingerprint density at radius 3 is 2.48 bits per heavy atom. The van der Waals surface area contributed by atoms with Gasteiger partial charge in [0.1, 0.15) is 0 Å². The molecule has 0 aromatic heterocycles. The van der Waals surface area contributed by atoms with Gasteiger partial charge in [-0.25, -0.2) is 4.79 Å². The highest BCUT2D eigenvalue weighted by Crippen LogP contribution is 2.35. The van der Waals surface area contributed by atoms with Crippen LogP contribution in [-0.2, 0) is 14.3 Å². The number of Topliss-reactive ketones (excluding diaryl/α,β-unsaturated/α-hetero) is 1. The van der Waals surface area contributed by atoms with Gasteiger partial charge in [-0.2, -0.15) is 0 Å². The smallest absolute Gasteiger partial charge is 0.339 e. The van der Waals surface area contributed by atoms with Crippen molar-refractivity contribution in [2.45, 2.75) is 36.0 Å². The molecule has 1 rings (SSSR count). The summed E-state index contributed by atoms with van der Waals surface area (Å²) in [6, 6.07) is -0.221. The summed E-state index contributed by atoms with van der Waals surface area (Å²) in [5.41, 5.74) is 0.569. The molecule has 0 spiro atoms. The minimum Gasteiger partial charge on any atom is -0.465 e. The summed E-state index contributed by atoms with van der Waals surface area (Å²) in [7, 11) is 3.05. The average Bonchev–Trinajstić information content (AvgIpc) is 2.42. The van der Waals surface area contributed by atoms with Crippen molar-refractivity contribution in [2.75, 3.05) is 14.2 Å². The molecule has 1 atom stereocenters. The van der Waals surface area contributed by atoms with Crippen molar-refractivity contribution in [1.29, 1.82) is 0 Å². The molecule has 7 heteroatoms. The molecule has 0 aromatic rings. The highest BCUT2D eigenvalue weighted by Gasteiger charge is 2.39. The van der Waals surface area contributed by atoms with Gasteiger partial charge in [0.05, 0.1) is 18.7 Å². The molecule has 21 heavy (non-hydrogen) atoms. The van der Waals surface area contributed by atoms with Crippen LogP contribution in [0.4, 0.5) is 0 Å². The topological polar surface area (TPSA) is 46.6 Å². The second-order valence-corrected chi connectivity index (χ2v) is 7.11. The Balaban J connectivity index is 3.18. The number of hydrogen-bond donors (Lipinski definition) is 0. The number of unbranched alkanes of at least 4 members (excludes halogenated alkanes) is 1. The Morgan fingerprint density at radius 2 is 2.00 bits per heavy atom. The van der Waals surface area contributed by atoms with E-state index in [1.165, 1.54) is 13.2 Å². The van der Waals surface area contributed by atoms with Crippen LogP contribution in [0.1, 0.15) is 26.2 Å². The van der Waals surface area contributed by atoms with Gasteiger partial charge in [0.25, 0.3) is 3.79 Å². The molecular weight excluding hydrogens is 337 g/mol. The molecule has 0 N–H and O–H groups in total. The monoisotopic (exact) mass is 353 g/mol. The number of ketones is 1. The van der Waals surface area contributed by atoms with Gasteiger partial charge in [0, 0.05) is 18.8 Å². The van der Waals surface area contributed by atoms with E-state index >= 15 is 0 Å². The number of carbonyl (C=O) groups is 2. The third-order valence-corrected chi connectivity index (χ3v) is 3.79. The maximum atomic E-state index is 12.3. The predicted octanol–water partition coefficient (Wildman–Crippen LogP) is 3.41. The van der Waals surface area contributed by atoms with Crippen molar-refractivity contribution in [1.82, 2.24) is 4.90 Å². The zero-order valence-corrected chi connectivity index (χ0v) is 14.4. The predicted molar refractivity (Wildman–Crippen MR) is 84.6 cm³/mol. The minimum absolute atomic E-state index is 0.221. The van der Waals surface area contributed by atoms with Crippen molar-refractivity contribution in [2.24, 2.45) is 0 Å². The number of methoxy groups -OCH3 is 1. The molecule has 0 radical (unpaired) electrons. The highest BCUT2D eigenvalue weighted by molar-refractivity contribution is 6.77. The summed E-state index contributed by atoms with van der Waals surface area (Å²) in [5.74, 6) is -1.15. The van der Waals surface area contributed by atoms with E-state index < -0.39 is 15.5 Å². The van der Waals surface area contributed by atoms with Gasteiger partial charge in [-0.3, -0.25) is 4.79 Å². The fraction of sp³-hybridized carbons (Fsp3) is 0.571. The molecule has 4 nitrogen and oxygen atoms in total. The van der Waals surface area contributed by atoms with Crippen LogP contribution >= 0.6 is 34.8 Å². The fourth-order valence-corrected chi connectivity index (χ4v) is 2.52. The molecule has 1 aliphatic rings. The Kier molecular flexibility index (Phi) is 6.57. The lowest BCUT2D eigenvalue weighted by atomic mass is 9.92. The molecule has 0 saturated carbocycles. The molecule has 0 bridgehead atoms. The first kappa shape index (κ1) is 18.3. The van der Waals surface area contributed by atoms with Gasteiger partial charge in [0.15, 0.2) is 0 Å². The number of alkyl halides is 3. The van der Waals surface area contributed by atoms with E-state index in [0.29, 0.717) is 5.57 Å². The third kappa shape index (κ3) is 4.63. The SMILES string of the molecule is CCCCC1C(C(=O)C(Cl)(Cl)Cl)=CC(C(=O)OC)=CN1C. The maximum Gasteiger partial charge on any atom is 0.339 e. The number of halogens is 3. The normalized spacial score (nSPS) is 19.0. The van der Waals surface area contributed by atoms with Gasteiger partial charge in [0.2, 0.25) is 5.78 Å². The lowest BCUT2D eigenvalue weighted by molar-refractivity contribution is -0.135. The molecular formula is C14H18Cl3NO3. The number of nitrogens with zero attached hydrogens (tertiary/aromatic N) is 1. The van der Waals surface area contributed by atoms with Crippen molar-refractivity contribution in [3.05, 3.63) is 23.4 Å². The Labute approximate surface area is 139 Å². The number of likely N-dealkylation sites (N-methyl/N-ethyl adjacent to an activating group) is 1. The molecule has 0 aromatic carbocycles. The first-order valence-electron chi connectivity index (χ1n) is 6.57. The standard InChI is InChI=1S/C14H18Cl3NO3/c1-4-5-6-11-10(12(19)14(15,16)17)7-9(8-18(11)2)13(20)21-3/h7-8,11H,4-6H2,1-3H3. The van der Waals surface area contributed by atoms with Gasteiger partial charge in [-0.1, -0.05) is 54.6 Å². The summed E-state index contributed by atoms with van der Waals surface area (Å²) >= 11 is 17.1. The summed E-state index contributed by atoms with van der Waals surface area (Å²) in [4.78, 5) is 25.8. The second kappa shape index (κ2) is 7.52. The number of ether oxygens (including phenoxy) is 1.